The summed E-state index contributed by atoms with van der Waals surface area (Å²) in [7, 11) is 0. The minimum absolute atomic E-state index is 0.147. The van der Waals surface area contributed by atoms with Gasteiger partial charge in [0.05, 0.1) is 16.7 Å². The molecule has 3 aromatic rings. The maximum atomic E-state index is 12.1. The third kappa shape index (κ3) is 3.36. The van der Waals surface area contributed by atoms with Crippen LogP contribution in [0.1, 0.15) is 10.8 Å². The van der Waals surface area contributed by atoms with Crippen molar-refractivity contribution >= 4 is 65.9 Å². The minimum Gasteiger partial charge on any atom is -0.309 e. The van der Waals surface area contributed by atoms with Gasteiger partial charge in [0, 0.05) is 8.95 Å². The van der Waals surface area contributed by atoms with Crippen molar-refractivity contribution in [3.8, 4) is 0 Å². The Morgan fingerprint density at radius 2 is 2.14 bits per heavy atom. The maximum absolute atomic E-state index is 12.1. The number of hydrogen-bond acceptors (Lipinski definition) is 6. The topological polar surface area (TPSA) is 71.5 Å². The van der Waals surface area contributed by atoms with Gasteiger partial charge in [-0.2, -0.15) is 0 Å². The lowest BCUT2D eigenvalue weighted by Gasteiger charge is -2.04. The summed E-state index contributed by atoms with van der Waals surface area (Å²) < 4.78 is 2.49. The molecular formula is C12H8Br2N4OS2. The molecule has 0 saturated heterocycles. The van der Waals surface area contributed by atoms with Crippen LogP contribution in [0, 0.1) is 6.92 Å². The number of halogens is 2. The molecule has 0 amide bonds. The highest BCUT2D eigenvalue weighted by Crippen LogP contribution is 2.27. The summed E-state index contributed by atoms with van der Waals surface area (Å²) in [6, 6.07) is 3.64. The van der Waals surface area contributed by atoms with Crippen LogP contribution in [0.5, 0.6) is 0 Å². The van der Waals surface area contributed by atoms with Crippen LogP contribution >= 0.6 is 55.0 Å². The number of thioether (sulfide) groups is 1. The fraction of sp³-hybridized carbons (Fsp3) is 0.167. The van der Waals surface area contributed by atoms with Crippen LogP contribution in [0.4, 0.5) is 0 Å². The number of aromatic amines is 1. The first kappa shape index (κ1) is 15.1. The summed E-state index contributed by atoms with van der Waals surface area (Å²) >= 11 is 9.85. The van der Waals surface area contributed by atoms with E-state index >= 15 is 0 Å². The van der Waals surface area contributed by atoms with Crippen LogP contribution in [0.25, 0.3) is 10.9 Å². The van der Waals surface area contributed by atoms with Crippen molar-refractivity contribution in [1.29, 1.82) is 0 Å². The van der Waals surface area contributed by atoms with Gasteiger partial charge >= 0.3 is 0 Å². The molecule has 9 heteroatoms. The van der Waals surface area contributed by atoms with Crippen molar-refractivity contribution in [1.82, 2.24) is 20.2 Å². The van der Waals surface area contributed by atoms with E-state index in [0.29, 0.717) is 22.5 Å². The van der Waals surface area contributed by atoms with Gasteiger partial charge in [-0.1, -0.05) is 39.0 Å². The zero-order valence-corrected chi connectivity index (χ0v) is 15.5. The molecule has 0 fully saturated rings. The molecule has 0 aliphatic carbocycles. The van der Waals surface area contributed by atoms with E-state index in [1.165, 1.54) is 23.1 Å². The van der Waals surface area contributed by atoms with E-state index in [1.807, 2.05) is 13.0 Å². The Bertz CT molecular complexity index is 877. The van der Waals surface area contributed by atoms with Crippen molar-refractivity contribution in [2.24, 2.45) is 0 Å². The van der Waals surface area contributed by atoms with Gasteiger partial charge in [-0.3, -0.25) is 4.79 Å². The predicted octanol–water partition coefficient (Wildman–Crippen LogP) is 3.90. The SMILES string of the molecule is Cc1nnc(SCc2nc3c(Br)cc(Br)cc3c(=O)[nH]2)s1. The molecule has 2 heterocycles. The molecule has 108 valence electrons. The summed E-state index contributed by atoms with van der Waals surface area (Å²) in [5.41, 5.74) is 0.511. The molecule has 2 aromatic heterocycles. The van der Waals surface area contributed by atoms with E-state index in [9.17, 15) is 4.79 Å². The average molecular weight is 448 g/mol. The molecule has 0 spiro atoms. The molecule has 0 atom stereocenters. The molecule has 0 aliphatic heterocycles. The highest BCUT2D eigenvalue weighted by Gasteiger charge is 2.10. The standard InChI is InChI=1S/C12H8Br2N4OS2/c1-5-17-18-12(21-5)20-4-9-15-10-7(11(19)16-9)2-6(13)3-8(10)14/h2-3H,4H2,1H3,(H,15,16,19). The average Bonchev–Trinajstić information content (AvgIpc) is 2.83. The summed E-state index contributed by atoms with van der Waals surface area (Å²) in [5, 5.41) is 9.48. The van der Waals surface area contributed by atoms with Gasteiger partial charge in [-0.05, 0) is 35.0 Å². The van der Waals surface area contributed by atoms with Crippen LogP contribution in [-0.4, -0.2) is 20.2 Å². The molecule has 21 heavy (non-hydrogen) atoms. The van der Waals surface area contributed by atoms with Gasteiger partial charge in [0.25, 0.3) is 5.56 Å². The summed E-state index contributed by atoms with van der Waals surface area (Å²) in [6.07, 6.45) is 0. The third-order valence-corrected chi connectivity index (χ3v) is 5.66. The lowest BCUT2D eigenvalue weighted by molar-refractivity contribution is 0.979. The Balaban J connectivity index is 1.95. The van der Waals surface area contributed by atoms with Crippen molar-refractivity contribution in [2.75, 3.05) is 0 Å². The van der Waals surface area contributed by atoms with E-state index in [-0.39, 0.29) is 5.56 Å². The molecule has 1 aromatic carbocycles. The highest BCUT2D eigenvalue weighted by atomic mass is 79.9. The first-order valence-electron chi connectivity index (χ1n) is 5.84. The smallest absolute Gasteiger partial charge is 0.258 e. The number of fused-ring (bicyclic) bond motifs is 1. The number of aromatic nitrogens is 4. The highest BCUT2D eigenvalue weighted by molar-refractivity contribution is 9.11. The molecule has 0 bridgehead atoms. The second-order valence-corrected chi connectivity index (χ2v) is 8.35. The monoisotopic (exact) mass is 446 g/mol. The molecule has 0 aliphatic rings. The lowest BCUT2D eigenvalue weighted by Crippen LogP contribution is -2.11. The van der Waals surface area contributed by atoms with E-state index < -0.39 is 0 Å². The lowest BCUT2D eigenvalue weighted by atomic mass is 10.2. The summed E-state index contributed by atoms with van der Waals surface area (Å²) in [5.74, 6) is 1.16. The number of nitrogens with zero attached hydrogens (tertiary/aromatic N) is 3. The Morgan fingerprint density at radius 1 is 1.33 bits per heavy atom. The summed E-state index contributed by atoms with van der Waals surface area (Å²) in [6.45, 7) is 1.91. The molecule has 1 N–H and O–H groups in total. The molecule has 0 saturated carbocycles. The quantitative estimate of drug-likeness (QED) is 0.616. The fourth-order valence-corrected chi connectivity index (χ4v) is 4.75. The van der Waals surface area contributed by atoms with Crippen LogP contribution < -0.4 is 5.56 Å². The van der Waals surface area contributed by atoms with E-state index in [2.05, 4.69) is 52.0 Å². The number of H-pyrrole nitrogens is 1. The molecule has 5 nitrogen and oxygen atoms in total. The van der Waals surface area contributed by atoms with Crippen LogP contribution in [0.3, 0.4) is 0 Å². The number of benzene rings is 1. The predicted molar refractivity (Wildman–Crippen MR) is 92.0 cm³/mol. The molecular weight excluding hydrogens is 440 g/mol. The van der Waals surface area contributed by atoms with Gasteiger partial charge in [0.2, 0.25) is 0 Å². The van der Waals surface area contributed by atoms with Crippen LogP contribution in [0.2, 0.25) is 0 Å². The fourth-order valence-electron chi connectivity index (χ4n) is 1.75. The minimum atomic E-state index is -0.147. The Morgan fingerprint density at radius 3 is 2.86 bits per heavy atom. The van der Waals surface area contributed by atoms with Gasteiger partial charge in [0.1, 0.15) is 10.8 Å². The van der Waals surface area contributed by atoms with E-state index in [0.717, 1.165) is 18.3 Å². The van der Waals surface area contributed by atoms with E-state index in [1.54, 1.807) is 6.07 Å². The number of rotatable bonds is 3. The normalized spacial score (nSPS) is 11.2. The Kier molecular flexibility index (Phi) is 4.43. The van der Waals surface area contributed by atoms with Crippen molar-refractivity contribution < 1.29 is 0 Å². The number of nitrogens with one attached hydrogen (secondary N) is 1. The maximum Gasteiger partial charge on any atom is 0.258 e. The van der Waals surface area contributed by atoms with Gasteiger partial charge < -0.3 is 4.98 Å². The van der Waals surface area contributed by atoms with E-state index in [4.69, 9.17) is 0 Å². The third-order valence-electron chi connectivity index (χ3n) is 2.62. The number of aryl methyl sites for hydroxylation is 1. The molecule has 0 radical (unpaired) electrons. The second kappa shape index (κ2) is 6.15. The number of hydrogen-bond donors (Lipinski definition) is 1. The van der Waals surface area contributed by atoms with Crippen LogP contribution in [0.15, 0.2) is 30.2 Å². The van der Waals surface area contributed by atoms with Gasteiger partial charge in [0.15, 0.2) is 4.34 Å². The largest absolute Gasteiger partial charge is 0.309 e. The van der Waals surface area contributed by atoms with Gasteiger partial charge in [-0.15, -0.1) is 10.2 Å². The van der Waals surface area contributed by atoms with Crippen molar-refractivity contribution in [3.05, 3.63) is 42.3 Å². The Labute approximate surface area is 144 Å². The molecule has 0 unspecified atom stereocenters. The molecule has 3 rings (SSSR count). The summed E-state index contributed by atoms with van der Waals surface area (Å²) in [4.78, 5) is 19.5. The van der Waals surface area contributed by atoms with Crippen molar-refractivity contribution in [2.45, 2.75) is 17.0 Å². The Hall–Kier alpha value is -0.770. The first-order chi connectivity index (χ1) is 10.0. The zero-order chi connectivity index (χ0) is 15.0. The van der Waals surface area contributed by atoms with Crippen LogP contribution in [-0.2, 0) is 5.75 Å². The first-order valence-corrected chi connectivity index (χ1v) is 9.22. The second-order valence-electron chi connectivity index (χ2n) is 4.17. The van der Waals surface area contributed by atoms with Gasteiger partial charge in [-0.25, -0.2) is 4.98 Å². The zero-order valence-electron chi connectivity index (χ0n) is 10.7. The van der Waals surface area contributed by atoms with Crippen molar-refractivity contribution in [3.63, 3.8) is 0 Å².